The summed E-state index contributed by atoms with van der Waals surface area (Å²) < 4.78 is 27.9. The number of halogens is 1. The van der Waals surface area contributed by atoms with Crippen LogP contribution < -0.4 is 15.8 Å². The van der Waals surface area contributed by atoms with Gasteiger partial charge in [0.25, 0.3) is 0 Å². The molecule has 0 spiro atoms. The minimum Gasteiger partial charge on any atom is -0.493 e. The first-order chi connectivity index (χ1) is 9.43. The quantitative estimate of drug-likeness (QED) is 0.682. The van der Waals surface area contributed by atoms with Gasteiger partial charge in [-0.2, -0.15) is 0 Å². The van der Waals surface area contributed by atoms with Crippen LogP contribution in [0.5, 0.6) is 5.75 Å². The second-order valence-electron chi connectivity index (χ2n) is 4.33. The molecule has 1 rings (SSSR count). The summed E-state index contributed by atoms with van der Waals surface area (Å²) in [6.07, 6.45) is 2.15. The van der Waals surface area contributed by atoms with Crippen molar-refractivity contribution < 1.29 is 17.9 Å². The maximum absolute atomic E-state index is 11.4. The van der Waals surface area contributed by atoms with Crippen LogP contribution in [0.15, 0.2) is 29.2 Å². The van der Waals surface area contributed by atoms with Gasteiger partial charge in [-0.05, 0) is 37.2 Å². The summed E-state index contributed by atoms with van der Waals surface area (Å²) >= 11 is 0. The molecule has 0 aliphatic heterocycles. The topological polar surface area (TPSA) is 98.5 Å². The van der Waals surface area contributed by atoms with Crippen molar-refractivity contribution in [2.45, 2.75) is 17.7 Å². The summed E-state index contributed by atoms with van der Waals surface area (Å²) in [6.45, 7) is 1.36. The van der Waals surface area contributed by atoms with E-state index in [-0.39, 0.29) is 36.2 Å². The number of benzene rings is 1. The summed E-state index contributed by atoms with van der Waals surface area (Å²) in [5.41, 5.74) is 5.31. The number of amides is 1. The van der Waals surface area contributed by atoms with Crippen LogP contribution in [0.4, 0.5) is 0 Å². The normalized spacial score (nSPS) is 10.6. The number of hydrogen-bond donors (Lipinski definition) is 2. The minimum atomic E-state index is -3.20. The van der Waals surface area contributed by atoms with Crippen LogP contribution >= 0.6 is 12.4 Å². The zero-order valence-corrected chi connectivity index (χ0v) is 13.5. The zero-order chi connectivity index (χ0) is 15.0. The van der Waals surface area contributed by atoms with Crippen LogP contribution in [0.25, 0.3) is 0 Å². The SMILES string of the molecule is CS(=O)(=O)c1ccc(OCCC(=O)NCCCN)cc1.Cl. The monoisotopic (exact) mass is 336 g/mol. The summed E-state index contributed by atoms with van der Waals surface area (Å²) in [4.78, 5) is 11.6. The van der Waals surface area contributed by atoms with Crippen molar-refractivity contribution in [3.8, 4) is 5.75 Å². The molecule has 21 heavy (non-hydrogen) atoms. The smallest absolute Gasteiger partial charge is 0.223 e. The average Bonchev–Trinajstić information content (AvgIpc) is 2.38. The van der Waals surface area contributed by atoms with Crippen LogP contribution in [0.1, 0.15) is 12.8 Å². The fourth-order valence-corrected chi connectivity index (χ4v) is 2.09. The highest BCUT2D eigenvalue weighted by molar-refractivity contribution is 7.90. The van der Waals surface area contributed by atoms with Gasteiger partial charge in [-0.15, -0.1) is 12.4 Å². The van der Waals surface area contributed by atoms with E-state index < -0.39 is 9.84 Å². The standard InChI is InChI=1S/C13H20N2O4S.ClH/c1-20(17,18)12-5-3-11(4-6-12)19-10-7-13(16)15-9-2-8-14;/h3-6H,2,7-10,14H2,1H3,(H,15,16);1H. The Labute approximate surface area is 131 Å². The van der Waals surface area contributed by atoms with E-state index in [1.165, 1.54) is 12.1 Å². The molecule has 0 aliphatic rings. The lowest BCUT2D eigenvalue weighted by Gasteiger charge is -2.07. The molecule has 8 heteroatoms. The number of nitrogens with two attached hydrogens (primary N) is 1. The zero-order valence-electron chi connectivity index (χ0n) is 11.9. The Hall–Kier alpha value is -1.31. The fraction of sp³-hybridized carbons (Fsp3) is 0.462. The summed E-state index contributed by atoms with van der Waals surface area (Å²) in [5.74, 6) is 0.443. The third-order valence-corrected chi connectivity index (χ3v) is 3.68. The number of ether oxygens (including phenoxy) is 1. The van der Waals surface area contributed by atoms with Crippen molar-refractivity contribution in [3.63, 3.8) is 0 Å². The molecule has 0 aliphatic carbocycles. The van der Waals surface area contributed by atoms with E-state index in [2.05, 4.69) is 5.32 Å². The molecular formula is C13H21ClN2O4S. The Morgan fingerprint density at radius 2 is 1.90 bits per heavy atom. The van der Waals surface area contributed by atoms with Crippen molar-refractivity contribution in [1.29, 1.82) is 0 Å². The van der Waals surface area contributed by atoms with E-state index in [1.54, 1.807) is 12.1 Å². The lowest BCUT2D eigenvalue weighted by Crippen LogP contribution is -2.27. The summed E-state index contributed by atoms with van der Waals surface area (Å²) in [5, 5.41) is 2.72. The maximum Gasteiger partial charge on any atom is 0.223 e. The molecule has 0 radical (unpaired) electrons. The van der Waals surface area contributed by atoms with Crippen LogP contribution in [-0.2, 0) is 14.6 Å². The van der Waals surface area contributed by atoms with Crippen molar-refractivity contribution in [2.75, 3.05) is 26.0 Å². The third kappa shape index (κ3) is 7.89. The van der Waals surface area contributed by atoms with E-state index in [0.717, 1.165) is 12.7 Å². The molecular weight excluding hydrogens is 316 g/mol. The second kappa shape index (κ2) is 9.59. The minimum absolute atomic E-state index is 0. The Balaban J connectivity index is 0.00000400. The van der Waals surface area contributed by atoms with E-state index in [1.807, 2.05) is 0 Å². The van der Waals surface area contributed by atoms with Crippen molar-refractivity contribution in [3.05, 3.63) is 24.3 Å². The highest BCUT2D eigenvalue weighted by Gasteiger charge is 2.06. The first-order valence-electron chi connectivity index (χ1n) is 6.33. The van der Waals surface area contributed by atoms with E-state index in [9.17, 15) is 13.2 Å². The van der Waals surface area contributed by atoms with Gasteiger partial charge in [0.2, 0.25) is 5.91 Å². The largest absolute Gasteiger partial charge is 0.493 e. The molecule has 0 saturated heterocycles. The Kier molecular flexibility index (Phi) is 9.00. The summed E-state index contributed by atoms with van der Waals surface area (Å²) in [6, 6.07) is 6.10. The Morgan fingerprint density at radius 1 is 1.29 bits per heavy atom. The van der Waals surface area contributed by atoms with Gasteiger partial charge in [0.15, 0.2) is 9.84 Å². The predicted octanol–water partition coefficient (Wildman–Crippen LogP) is 0.746. The number of nitrogens with one attached hydrogen (secondary N) is 1. The molecule has 1 aromatic rings. The van der Waals surface area contributed by atoms with Crippen LogP contribution in [0.2, 0.25) is 0 Å². The van der Waals surface area contributed by atoms with Crippen LogP contribution in [-0.4, -0.2) is 40.3 Å². The van der Waals surface area contributed by atoms with Gasteiger partial charge < -0.3 is 15.8 Å². The van der Waals surface area contributed by atoms with Crippen LogP contribution in [0, 0.1) is 0 Å². The molecule has 1 amide bonds. The maximum atomic E-state index is 11.4. The second-order valence-corrected chi connectivity index (χ2v) is 6.35. The van der Waals surface area contributed by atoms with E-state index in [0.29, 0.717) is 18.8 Å². The number of carbonyl (C=O) groups is 1. The molecule has 3 N–H and O–H groups in total. The number of sulfone groups is 1. The molecule has 6 nitrogen and oxygen atoms in total. The summed E-state index contributed by atoms with van der Waals surface area (Å²) in [7, 11) is -3.20. The molecule has 0 fully saturated rings. The van der Waals surface area contributed by atoms with E-state index in [4.69, 9.17) is 10.5 Å². The first kappa shape index (κ1) is 19.7. The van der Waals surface area contributed by atoms with Crippen molar-refractivity contribution in [2.24, 2.45) is 5.73 Å². The Bertz CT molecular complexity index is 532. The van der Waals surface area contributed by atoms with E-state index >= 15 is 0 Å². The average molecular weight is 337 g/mol. The fourth-order valence-electron chi connectivity index (χ4n) is 1.46. The molecule has 0 heterocycles. The number of carbonyl (C=O) groups excluding carboxylic acids is 1. The van der Waals surface area contributed by atoms with Gasteiger partial charge in [-0.1, -0.05) is 0 Å². The third-order valence-electron chi connectivity index (χ3n) is 2.55. The highest BCUT2D eigenvalue weighted by Crippen LogP contribution is 2.15. The number of hydrogen-bond acceptors (Lipinski definition) is 5. The lowest BCUT2D eigenvalue weighted by molar-refractivity contribution is -0.121. The lowest BCUT2D eigenvalue weighted by atomic mass is 10.3. The first-order valence-corrected chi connectivity index (χ1v) is 8.22. The molecule has 0 atom stereocenters. The van der Waals surface area contributed by atoms with Gasteiger partial charge in [0.05, 0.1) is 17.9 Å². The molecule has 0 saturated carbocycles. The van der Waals surface area contributed by atoms with Gasteiger partial charge in [0, 0.05) is 12.8 Å². The molecule has 0 bridgehead atoms. The van der Waals surface area contributed by atoms with Crippen LogP contribution in [0.3, 0.4) is 0 Å². The predicted molar refractivity (Wildman–Crippen MR) is 83.6 cm³/mol. The molecule has 0 aromatic heterocycles. The van der Waals surface area contributed by atoms with Crippen molar-refractivity contribution >= 4 is 28.2 Å². The number of rotatable bonds is 8. The van der Waals surface area contributed by atoms with Gasteiger partial charge in [-0.25, -0.2) is 8.42 Å². The molecule has 120 valence electrons. The van der Waals surface area contributed by atoms with Gasteiger partial charge in [0.1, 0.15) is 5.75 Å². The van der Waals surface area contributed by atoms with Gasteiger partial charge in [-0.3, -0.25) is 4.79 Å². The Morgan fingerprint density at radius 3 is 2.43 bits per heavy atom. The molecule has 0 unspecified atom stereocenters. The van der Waals surface area contributed by atoms with Crippen molar-refractivity contribution in [1.82, 2.24) is 5.32 Å². The molecule has 1 aromatic carbocycles. The van der Waals surface area contributed by atoms with Gasteiger partial charge >= 0.3 is 0 Å². The highest BCUT2D eigenvalue weighted by atomic mass is 35.5.